The largest absolute Gasteiger partial charge is 0.461 e. The Balaban J connectivity index is 1.74. The molecule has 2 aromatic carbocycles. The van der Waals surface area contributed by atoms with E-state index in [9.17, 15) is 9.59 Å². The van der Waals surface area contributed by atoms with Gasteiger partial charge in [-0.25, -0.2) is 13.9 Å². The molecular weight excluding hydrogens is 541 g/mol. The standard InChI is InChI=1S/C27H23BrFN5O3/c1-15(35)37-13-20-19(17-9-21(28)25-30-14-32-33(25)12-17)6-5-7-23(20)34-26(36)24-16(11-31-34)8-18(10-22(24)29)27(2,3)4/h5-12,14H,13H2,1-4H3. The van der Waals surface area contributed by atoms with Gasteiger partial charge in [0.2, 0.25) is 0 Å². The normalized spacial score (nSPS) is 11.8. The Morgan fingerprint density at radius 3 is 2.68 bits per heavy atom. The van der Waals surface area contributed by atoms with E-state index in [4.69, 9.17) is 4.74 Å². The molecule has 0 atom stereocenters. The average Bonchev–Trinajstić information content (AvgIpc) is 3.31. The molecule has 0 saturated heterocycles. The van der Waals surface area contributed by atoms with Gasteiger partial charge in [0.15, 0.2) is 5.65 Å². The third kappa shape index (κ3) is 4.53. The van der Waals surface area contributed by atoms with Crippen LogP contribution in [0.3, 0.4) is 0 Å². The highest BCUT2D eigenvalue weighted by molar-refractivity contribution is 9.10. The van der Waals surface area contributed by atoms with E-state index in [1.807, 2.05) is 32.9 Å². The van der Waals surface area contributed by atoms with Crippen LogP contribution in [0.25, 0.3) is 33.2 Å². The minimum Gasteiger partial charge on any atom is -0.461 e. The molecule has 3 heterocycles. The number of hydrogen-bond donors (Lipinski definition) is 0. The second-order valence-corrected chi connectivity index (χ2v) is 10.6. The van der Waals surface area contributed by atoms with E-state index in [1.54, 1.807) is 28.9 Å². The van der Waals surface area contributed by atoms with Gasteiger partial charge in [0.1, 0.15) is 18.8 Å². The summed E-state index contributed by atoms with van der Waals surface area (Å²) < 4.78 is 24.1. The number of carbonyl (C=O) groups excluding carboxylic acids is 1. The maximum absolute atomic E-state index is 15.3. The Labute approximate surface area is 219 Å². The van der Waals surface area contributed by atoms with Crippen LogP contribution in [0.2, 0.25) is 0 Å². The summed E-state index contributed by atoms with van der Waals surface area (Å²) in [6.07, 6.45) is 4.71. The van der Waals surface area contributed by atoms with E-state index in [1.165, 1.54) is 25.5 Å². The second kappa shape index (κ2) is 9.19. The number of ether oxygens (including phenoxy) is 1. The van der Waals surface area contributed by atoms with Gasteiger partial charge in [-0.05, 0) is 56.7 Å². The van der Waals surface area contributed by atoms with E-state index in [0.717, 1.165) is 15.8 Å². The summed E-state index contributed by atoms with van der Waals surface area (Å²) >= 11 is 3.52. The smallest absolute Gasteiger partial charge is 0.302 e. The highest BCUT2D eigenvalue weighted by atomic mass is 79.9. The molecule has 0 spiro atoms. The zero-order valence-corrected chi connectivity index (χ0v) is 22.2. The Morgan fingerprint density at radius 2 is 1.95 bits per heavy atom. The molecule has 0 aliphatic heterocycles. The van der Waals surface area contributed by atoms with Gasteiger partial charge in [-0.3, -0.25) is 9.59 Å². The molecule has 0 radical (unpaired) electrons. The second-order valence-electron chi connectivity index (χ2n) is 9.72. The van der Waals surface area contributed by atoms with Crippen LogP contribution in [-0.2, 0) is 21.6 Å². The highest BCUT2D eigenvalue weighted by Gasteiger charge is 2.21. The fraction of sp³-hybridized carbons (Fsp3) is 0.222. The number of nitrogens with zero attached hydrogens (tertiary/aromatic N) is 5. The maximum atomic E-state index is 15.3. The first-order valence-corrected chi connectivity index (χ1v) is 12.3. The van der Waals surface area contributed by atoms with Gasteiger partial charge in [0.05, 0.1) is 21.7 Å². The van der Waals surface area contributed by atoms with Gasteiger partial charge in [-0.2, -0.15) is 14.9 Å². The van der Waals surface area contributed by atoms with Crippen LogP contribution in [0.4, 0.5) is 4.39 Å². The quantitative estimate of drug-likeness (QED) is 0.273. The molecule has 0 unspecified atom stereocenters. The van der Waals surface area contributed by atoms with Crippen molar-refractivity contribution >= 4 is 38.3 Å². The van der Waals surface area contributed by atoms with Gasteiger partial charge in [-0.15, -0.1) is 0 Å². The predicted octanol–water partition coefficient (Wildman–Crippen LogP) is 5.36. The monoisotopic (exact) mass is 563 g/mol. The van der Waals surface area contributed by atoms with E-state index in [2.05, 4.69) is 31.1 Å². The number of fused-ring (bicyclic) bond motifs is 2. The summed E-state index contributed by atoms with van der Waals surface area (Å²) in [6, 6.07) is 10.3. The Bertz CT molecular complexity index is 1750. The van der Waals surface area contributed by atoms with Crippen LogP contribution < -0.4 is 5.56 Å². The van der Waals surface area contributed by atoms with Gasteiger partial charge >= 0.3 is 5.97 Å². The fourth-order valence-electron chi connectivity index (χ4n) is 4.24. The van der Waals surface area contributed by atoms with Crippen LogP contribution in [-0.4, -0.2) is 30.3 Å². The van der Waals surface area contributed by atoms with Crippen LogP contribution in [0.5, 0.6) is 0 Å². The Morgan fingerprint density at radius 1 is 1.16 bits per heavy atom. The van der Waals surface area contributed by atoms with Gasteiger partial charge in [0.25, 0.3) is 5.56 Å². The molecule has 0 saturated carbocycles. The molecule has 5 aromatic rings. The molecule has 0 N–H and O–H groups in total. The van der Waals surface area contributed by atoms with Crippen LogP contribution in [0, 0.1) is 5.82 Å². The number of hydrogen-bond acceptors (Lipinski definition) is 6. The highest BCUT2D eigenvalue weighted by Crippen LogP contribution is 2.32. The topological polar surface area (TPSA) is 91.4 Å². The van der Waals surface area contributed by atoms with Gasteiger partial charge in [0, 0.05) is 29.6 Å². The van der Waals surface area contributed by atoms with Crippen molar-refractivity contribution in [2.24, 2.45) is 0 Å². The third-order valence-electron chi connectivity index (χ3n) is 6.15. The molecule has 37 heavy (non-hydrogen) atoms. The SMILES string of the molecule is CC(=O)OCc1c(-c2cc(Br)c3ncnn3c2)cccc1-n1ncc2cc(C(C)(C)C)cc(F)c2c1=O. The van der Waals surface area contributed by atoms with Crippen molar-refractivity contribution < 1.29 is 13.9 Å². The number of esters is 1. The minimum atomic E-state index is -0.609. The number of pyridine rings is 1. The summed E-state index contributed by atoms with van der Waals surface area (Å²) in [4.78, 5) is 29.5. The molecule has 5 rings (SSSR count). The van der Waals surface area contributed by atoms with E-state index >= 15 is 4.39 Å². The summed E-state index contributed by atoms with van der Waals surface area (Å²) in [5.41, 5.74) is 2.84. The molecule has 0 aliphatic carbocycles. The first-order chi connectivity index (χ1) is 17.5. The lowest BCUT2D eigenvalue weighted by molar-refractivity contribution is -0.142. The van der Waals surface area contributed by atoms with Crippen molar-refractivity contribution in [3.05, 3.63) is 86.9 Å². The number of aromatic nitrogens is 5. The zero-order chi connectivity index (χ0) is 26.5. The predicted molar refractivity (Wildman–Crippen MR) is 141 cm³/mol. The fourth-order valence-corrected chi connectivity index (χ4v) is 4.77. The number of benzene rings is 2. The van der Waals surface area contributed by atoms with Gasteiger partial charge < -0.3 is 4.74 Å². The van der Waals surface area contributed by atoms with Crippen LogP contribution >= 0.6 is 15.9 Å². The minimum absolute atomic E-state index is 0.0568. The molecule has 3 aromatic heterocycles. The maximum Gasteiger partial charge on any atom is 0.302 e. The van der Waals surface area contributed by atoms with Crippen molar-refractivity contribution in [1.82, 2.24) is 24.4 Å². The molecule has 0 bridgehead atoms. The van der Waals surface area contributed by atoms with Gasteiger partial charge in [-0.1, -0.05) is 32.9 Å². The van der Waals surface area contributed by atoms with Crippen molar-refractivity contribution in [2.45, 2.75) is 39.7 Å². The molecule has 188 valence electrons. The lowest BCUT2D eigenvalue weighted by Crippen LogP contribution is -2.24. The molecule has 10 heteroatoms. The summed E-state index contributed by atoms with van der Waals surface area (Å²) in [6.45, 7) is 7.12. The third-order valence-corrected chi connectivity index (χ3v) is 6.73. The van der Waals surface area contributed by atoms with Crippen molar-refractivity contribution in [2.75, 3.05) is 0 Å². The average molecular weight is 564 g/mol. The summed E-state index contributed by atoms with van der Waals surface area (Å²) in [5.74, 6) is -1.09. The van der Waals surface area contributed by atoms with Crippen LogP contribution in [0.1, 0.15) is 38.8 Å². The molecule has 8 nitrogen and oxygen atoms in total. The van der Waals surface area contributed by atoms with Crippen LogP contribution in [0.15, 0.2) is 64.4 Å². The Kier molecular flexibility index (Phi) is 6.15. The molecule has 0 amide bonds. The molecule has 0 aliphatic rings. The lowest BCUT2D eigenvalue weighted by atomic mass is 9.86. The summed E-state index contributed by atoms with van der Waals surface area (Å²) in [7, 11) is 0. The number of rotatable bonds is 4. The van der Waals surface area contributed by atoms with Crippen molar-refractivity contribution in [1.29, 1.82) is 0 Å². The lowest BCUT2D eigenvalue weighted by Gasteiger charge is -2.20. The van der Waals surface area contributed by atoms with Crippen molar-refractivity contribution in [3.63, 3.8) is 0 Å². The number of halogens is 2. The first-order valence-electron chi connectivity index (χ1n) is 11.5. The Hall–Kier alpha value is -3.92. The van der Waals surface area contributed by atoms with E-state index < -0.39 is 17.3 Å². The molecule has 0 fully saturated rings. The number of carbonyl (C=O) groups is 1. The van der Waals surface area contributed by atoms with Crippen molar-refractivity contribution in [3.8, 4) is 16.8 Å². The first kappa shape index (κ1) is 24.8. The zero-order valence-electron chi connectivity index (χ0n) is 20.6. The van der Waals surface area contributed by atoms with E-state index in [-0.39, 0.29) is 17.4 Å². The summed E-state index contributed by atoms with van der Waals surface area (Å²) in [5, 5.41) is 8.96. The molecular formula is C27H23BrFN5O3. The van der Waals surface area contributed by atoms with E-state index in [0.29, 0.717) is 32.3 Å².